The van der Waals surface area contributed by atoms with Crippen LogP contribution in [0.25, 0.3) is 10.9 Å². The fourth-order valence-electron chi connectivity index (χ4n) is 4.13. The SMILES string of the molecule is COc1cnc(OC)c2c1c(C(=O)C(=O)N1CCN(C(=O)c3ccccc3)CC1)cn2COP(=O)(O)O. The molecule has 0 saturated carbocycles. The van der Waals surface area contributed by atoms with Gasteiger partial charge in [-0.05, 0) is 12.1 Å². The third-order valence-electron chi connectivity index (χ3n) is 5.92. The van der Waals surface area contributed by atoms with Crippen LogP contribution in [0, 0.1) is 0 Å². The van der Waals surface area contributed by atoms with E-state index in [0.29, 0.717) is 5.56 Å². The van der Waals surface area contributed by atoms with Crippen LogP contribution < -0.4 is 9.47 Å². The lowest BCUT2D eigenvalue weighted by molar-refractivity contribution is -0.127. The largest absolute Gasteiger partial charge is 0.494 e. The number of ether oxygens (including phenoxy) is 2. The number of methoxy groups -OCH3 is 2. The number of rotatable bonds is 8. The molecule has 196 valence electrons. The van der Waals surface area contributed by atoms with Crippen LogP contribution in [0.3, 0.4) is 0 Å². The highest BCUT2D eigenvalue weighted by Gasteiger charge is 2.32. The van der Waals surface area contributed by atoms with E-state index < -0.39 is 26.2 Å². The first-order valence-electron chi connectivity index (χ1n) is 11.1. The summed E-state index contributed by atoms with van der Waals surface area (Å²) in [6, 6.07) is 8.78. The molecule has 13 nitrogen and oxygen atoms in total. The summed E-state index contributed by atoms with van der Waals surface area (Å²) in [4.78, 5) is 64.6. The van der Waals surface area contributed by atoms with E-state index in [2.05, 4.69) is 9.51 Å². The van der Waals surface area contributed by atoms with Gasteiger partial charge in [-0.1, -0.05) is 18.2 Å². The van der Waals surface area contributed by atoms with E-state index in [0.717, 1.165) is 0 Å². The number of fused-ring (bicyclic) bond motifs is 1. The van der Waals surface area contributed by atoms with Gasteiger partial charge >= 0.3 is 7.82 Å². The summed E-state index contributed by atoms with van der Waals surface area (Å²) >= 11 is 0. The van der Waals surface area contributed by atoms with Crippen molar-refractivity contribution in [3.63, 3.8) is 0 Å². The maximum absolute atomic E-state index is 13.4. The molecule has 0 aliphatic carbocycles. The molecule has 0 unspecified atom stereocenters. The molecular formula is C23H25N4O9P. The van der Waals surface area contributed by atoms with E-state index in [4.69, 9.17) is 19.3 Å². The van der Waals surface area contributed by atoms with Gasteiger partial charge in [-0.3, -0.25) is 18.9 Å². The number of hydrogen-bond donors (Lipinski definition) is 2. The van der Waals surface area contributed by atoms with Gasteiger partial charge in [0, 0.05) is 37.9 Å². The molecule has 37 heavy (non-hydrogen) atoms. The summed E-state index contributed by atoms with van der Waals surface area (Å²) in [6.07, 6.45) is 2.55. The number of phosphoric ester groups is 1. The molecule has 3 heterocycles. The van der Waals surface area contributed by atoms with Gasteiger partial charge in [-0.15, -0.1) is 0 Å². The number of hydrogen-bond acceptors (Lipinski definition) is 8. The summed E-state index contributed by atoms with van der Waals surface area (Å²) in [6.45, 7) is 0.182. The number of amides is 2. The number of pyridine rings is 1. The molecule has 1 aromatic carbocycles. The highest BCUT2D eigenvalue weighted by atomic mass is 31.2. The molecule has 1 saturated heterocycles. The second kappa shape index (κ2) is 10.7. The zero-order chi connectivity index (χ0) is 26.7. The molecule has 14 heteroatoms. The van der Waals surface area contributed by atoms with Crippen molar-refractivity contribution in [1.29, 1.82) is 0 Å². The maximum atomic E-state index is 13.4. The summed E-state index contributed by atoms with van der Waals surface area (Å²) < 4.78 is 27.7. The van der Waals surface area contributed by atoms with Gasteiger partial charge in [0.15, 0.2) is 0 Å². The third-order valence-corrected chi connectivity index (χ3v) is 6.37. The van der Waals surface area contributed by atoms with Crippen LogP contribution in [0.15, 0.2) is 42.7 Å². The lowest BCUT2D eigenvalue weighted by atomic mass is 10.1. The van der Waals surface area contributed by atoms with E-state index >= 15 is 0 Å². The minimum atomic E-state index is -4.85. The van der Waals surface area contributed by atoms with Crippen LogP contribution in [-0.4, -0.2) is 87.1 Å². The molecule has 3 aromatic rings. The summed E-state index contributed by atoms with van der Waals surface area (Å²) in [5.41, 5.74) is 0.623. The first kappa shape index (κ1) is 26.3. The topological polar surface area (TPSA) is 161 Å². The minimum Gasteiger partial charge on any atom is -0.494 e. The second-order valence-corrected chi connectivity index (χ2v) is 9.34. The van der Waals surface area contributed by atoms with Crippen molar-refractivity contribution in [1.82, 2.24) is 19.4 Å². The highest BCUT2D eigenvalue weighted by Crippen LogP contribution is 2.39. The van der Waals surface area contributed by atoms with Crippen molar-refractivity contribution in [3.05, 3.63) is 53.9 Å². The fraction of sp³-hybridized carbons (Fsp3) is 0.304. The van der Waals surface area contributed by atoms with Crippen LogP contribution in [0.4, 0.5) is 0 Å². The Morgan fingerprint density at radius 2 is 1.65 bits per heavy atom. The number of Topliss-reactive ketones (excluding diaryl/α,β-unsaturated/α-hetero) is 1. The predicted molar refractivity (Wildman–Crippen MR) is 129 cm³/mol. The zero-order valence-electron chi connectivity index (χ0n) is 20.1. The first-order valence-corrected chi connectivity index (χ1v) is 12.7. The van der Waals surface area contributed by atoms with Gasteiger partial charge in [0.05, 0.1) is 31.4 Å². The molecule has 1 aliphatic heterocycles. The standard InChI is InChI=1S/C23H25N4O9P/c1-34-17-12-24-21(35-2)19-18(17)16(13-27(19)14-36-37(31,32)33)20(28)23(30)26-10-8-25(9-11-26)22(29)15-6-4-3-5-7-15/h3-7,12-13H,8-11,14H2,1-2H3,(H2,31,32,33). The Morgan fingerprint density at radius 1 is 1.00 bits per heavy atom. The van der Waals surface area contributed by atoms with Crippen molar-refractivity contribution in [2.24, 2.45) is 0 Å². The predicted octanol–water partition coefficient (Wildman–Crippen LogP) is 1.29. The lowest BCUT2D eigenvalue weighted by Crippen LogP contribution is -2.52. The first-order chi connectivity index (χ1) is 17.6. The molecule has 0 radical (unpaired) electrons. The highest BCUT2D eigenvalue weighted by molar-refractivity contribution is 7.46. The molecule has 0 bridgehead atoms. The molecule has 0 atom stereocenters. The molecule has 2 aromatic heterocycles. The number of benzene rings is 1. The molecular weight excluding hydrogens is 507 g/mol. The van der Waals surface area contributed by atoms with Gasteiger partial charge in [-0.2, -0.15) is 0 Å². The Kier molecular flexibility index (Phi) is 7.60. The number of piperazine rings is 1. The van der Waals surface area contributed by atoms with Crippen LogP contribution in [0.2, 0.25) is 0 Å². The molecule has 1 fully saturated rings. The average Bonchev–Trinajstić information content (AvgIpc) is 3.30. The van der Waals surface area contributed by atoms with Gasteiger partial charge < -0.3 is 33.6 Å². The van der Waals surface area contributed by atoms with Crippen molar-refractivity contribution < 1.29 is 42.7 Å². The van der Waals surface area contributed by atoms with Crippen molar-refractivity contribution in [3.8, 4) is 11.6 Å². The van der Waals surface area contributed by atoms with Gasteiger partial charge in [0.1, 0.15) is 18.0 Å². The minimum absolute atomic E-state index is 0.0321. The molecule has 0 spiro atoms. The van der Waals surface area contributed by atoms with E-state index in [1.165, 1.54) is 36.1 Å². The lowest BCUT2D eigenvalue weighted by Gasteiger charge is -2.34. The van der Waals surface area contributed by atoms with Crippen molar-refractivity contribution in [2.45, 2.75) is 6.73 Å². The number of nitrogens with zero attached hydrogens (tertiary/aromatic N) is 4. The Hall–Kier alpha value is -3.77. The van der Waals surface area contributed by atoms with E-state index in [9.17, 15) is 18.9 Å². The smallest absolute Gasteiger partial charge is 0.471 e. The average molecular weight is 532 g/mol. The monoisotopic (exact) mass is 532 g/mol. The molecule has 2 N–H and O–H groups in total. The number of carbonyl (C=O) groups is 3. The third kappa shape index (κ3) is 5.49. The summed E-state index contributed by atoms with van der Waals surface area (Å²) in [5.74, 6) is -1.63. The van der Waals surface area contributed by atoms with Gasteiger partial charge in [0.2, 0.25) is 5.88 Å². The Labute approximate surface area is 211 Å². The zero-order valence-corrected chi connectivity index (χ0v) is 21.0. The Bertz CT molecular complexity index is 1380. The molecule has 4 rings (SSSR count). The van der Waals surface area contributed by atoms with E-state index in [1.54, 1.807) is 29.2 Å². The normalized spacial score (nSPS) is 14.1. The van der Waals surface area contributed by atoms with Crippen LogP contribution in [0.5, 0.6) is 11.6 Å². The number of aromatic nitrogens is 2. The quantitative estimate of drug-likeness (QED) is 0.246. The number of ketones is 1. The fourth-order valence-corrected chi connectivity index (χ4v) is 4.40. The molecule has 1 aliphatic rings. The second-order valence-electron chi connectivity index (χ2n) is 8.10. The Balaban J connectivity index is 1.59. The van der Waals surface area contributed by atoms with Crippen molar-refractivity contribution >= 4 is 36.3 Å². The van der Waals surface area contributed by atoms with Gasteiger partial charge in [0.25, 0.3) is 17.6 Å². The van der Waals surface area contributed by atoms with Crippen molar-refractivity contribution in [2.75, 3.05) is 40.4 Å². The van der Waals surface area contributed by atoms with Crippen LogP contribution in [0.1, 0.15) is 20.7 Å². The summed E-state index contributed by atoms with van der Waals surface area (Å²) in [5, 5.41) is 0.180. The Morgan fingerprint density at radius 3 is 2.24 bits per heavy atom. The van der Waals surface area contributed by atoms with E-state index in [1.807, 2.05) is 6.07 Å². The van der Waals surface area contributed by atoms with Crippen LogP contribution in [-0.2, 0) is 20.6 Å². The van der Waals surface area contributed by atoms with Crippen LogP contribution >= 0.6 is 7.82 Å². The number of carbonyl (C=O) groups excluding carboxylic acids is 3. The van der Waals surface area contributed by atoms with E-state index in [-0.39, 0.29) is 60.2 Å². The number of phosphoric acid groups is 1. The molecule has 2 amide bonds. The maximum Gasteiger partial charge on any atom is 0.471 e. The van der Waals surface area contributed by atoms with Gasteiger partial charge in [-0.25, -0.2) is 9.55 Å². The summed E-state index contributed by atoms with van der Waals surface area (Å²) in [7, 11) is -2.16.